The lowest BCUT2D eigenvalue weighted by atomic mass is 10.1. The van der Waals surface area contributed by atoms with Crippen LogP contribution in [0.2, 0.25) is 0 Å². The molecule has 0 saturated heterocycles. The Balaban J connectivity index is 2.25. The van der Waals surface area contributed by atoms with Gasteiger partial charge < -0.3 is 5.11 Å². The molecule has 1 rings (SSSR count). The molecular weight excluding hydrogens is 660 g/mol. The average Bonchev–Trinajstić information content (AvgIpc) is 3.09. The largest absolute Gasteiger partial charge is 0.380 e. The maximum atomic E-state index is 12.9. The number of carbonyl (C=O) groups excluding carboxylic acids is 2. The first-order valence-electron chi connectivity index (χ1n) is 20.5. The lowest BCUT2D eigenvalue weighted by molar-refractivity contribution is -0.419. The van der Waals surface area contributed by atoms with Crippen molar-refractivity contribution in [1.29, 1.82) is 0 Å². The Kier molecular flexibility index (Phi) is 30.0. The summed E-state index contributed by atoms with van der Waals surface area (Å²) in [4.78, 5) is 36.8. The van der Waals surface area contributed by atoms with Gasteiger partial charge in [-0.2, -0.15) is 0 Å². The first kappa shape index (κ1) is 46.5. The number of nitro groups is 1. The van der Waals surface area contributed by atoms with Crippen LogP contribution in [0.4, 0.5) is 0 Å². The molecule has 0 fully saturated rings. The molecule has 0 aromatic rings. The highest BCUT2D eigenvalue weighted by Crippen LogP contribution is 2.47. The van der Waals surface area contributed by atoms with Crippen molar-refractivity contribution in [2.75, 3.05) is 0 Å². The van der Waals surface area contributed by atoms with Crippen molar-refractivity contribution in [3.63, 3.8) is 0 Å². The van der Waals surface area contributed by atoms with E-state index in [-0.39, 0.29) is 25.3 Å². The van der Waals surface area contributed by atoms with Gasteiger partial charge in [-0.3, -0.25) is 19.7 Å². The molecule has 0 amide bonds. The van der Waals surface area contributed by atoms with E-state index in [4.69, 9.17) is 0 Å². The van der Waals surface area contributed by atoms with Crippen LogP contribution in [-0.2, 0) is 9.59 Å². The van der Waals surface area contributed by atoms with E-state index in [2.05, 4.69) is 38.2 Å². The molecular formula is C42H73NO5P2. The van der Waals surface area contributed by atoms with Gasteiger partial charge >= 0.3 is 0 Å². The number of unbranched alkanes of at least 4 members (excludes halogenated alkanes) is 22. The number of allylic oxidation sites excluding steroid dienone is 5. The van der Waals surface area contributed by atoms with E-state index in [9.17, 15) is 24.8 Å². The second kappa shape index (κ2) is 32.2. The van der Waals surface area contributed by atoms with Gasteiger partial charge in [-0.25, -0.2) is 0 Å². The van der Waals surface area contributed by atoms with Gasteiger partial charge in [-0.1, -0.05) is 141 Å². The molecule has 8 heteroatoms. The first-order valence-corrected chi connectivity index (χ1v) is 22.6. The highest BCUT2D eigenvalue weighted by molar-refractivity contribution is 7.63. The van der Waals surface area contributed by atoms with Crippen LogP contribution in [0.15, 0.2) is 48.2 Å². The third kappa shape index (κ3) is 25.5. The standard InChI is InChI=1S/C42H73NO5P2/c1-3-5-7-9-11-13-15-17-19-21-23-25-27-29-31-33-40(44)49-39-37-38(43(47)48)35-36-42(39,46)50-41(45)34-32-30-28-26-24-22-20-18-16-14-12-10-8-6-4-2/h17-20,35-37,39,46,49-50H,3-16,21-34H2,1-2H3/b19-17-,20-18-. The molecule has 0 aromatic carbocycles. The predicted molar refractivity (Wildman–Crippen MR) is 219 cm³/mol. The molecule has 0 spiro atoms. The summed E-state index contributed by atoms with van der Waals surface area (Å²) in [6, 6.07) is 0. The van der Waals surface area contributed by atoms with Gasteiger partial charge in [-0.15, -0.1) is 0 Å². The molecule has 6 nitrogen and oxygen atoms in total. The normalized spacial score (nSPS) is 18.1. The molecule has 1 aliphatic rings. The van der Waals surface area contributed by atoms with Crippen LogP contribution < -0.4 is 0 Å². The molecule has 0 radical (unpaired) electrons. The van der Waals surface area contributed by atoms with Gasteiger partial charge in [0.05, 0.1) is 4.92 Å². The summed E-state index contributed by atoms with van der Waals surface area (Å²) in [6.45, 7) is 4.50. The molecule has 4 atom stereocenters. The maximum absolute atomic E-state index is 12.9. The number of nitrogens with zero attached hydrogens (tertiary/aromatic N) is 1. The Morgan fingerprint density at radius 1 is 0.660 bits per heavy atom. The highest BCUT2D eigenvalue weighted by Gasteiger charge is 2.40. The SMILES string of the molecule is CCCCCCCC/C=C\CCCCCCCC(=O)PC1C=C([N+](=O)[O-])C=CC1(O)PC(=O)CCCCCCC/C=C\CCCCCCCC. The Bertz CT molecular complexity index is 1020. The van der Waals surface area contributed by atoms with E-state index in [1.54, 1.807) is 0 Å². The van der Waals surface area contributed by atoms with Crippen LogP contribution in [0.25, 0.3) is 0 Å². The minimum absolute atomic E-state index is 0.0211. The van der Waals surface area contributed by atoms with Crippen LogP contribution >= 0.6 is 17.2 Å². The smallest absolute Gasteiger partial charge is 0.266 e. The molecule has 286 valence electrons. The zero-order valence-corrected chi connectivity index (χ0v) is 33.9. The lowest BCUT2D eigenvalue weighted by Crippen LogP contribution is -2.36. The van der Waals surface area contributed by atoms with Gasteiger partial charge in [0.15, 0.2) is 11.0 Å². The quantitative estimate of drug-likeness (QED) is 0.0230. The van der Waals surface area contributed by atoms with E-state index in [1.165, 1.54) is 121 Å². The van der Waals surface area contributed by atoms with Crippen molar-refractivity contribution in [1.82, 2.24) is 0 Å². The second-order valence-corrected chi connectivity index (χ2v) is 17.3. The summed E-state index contributed by atoms with van der Waals surface area (Å²) < 4.78 is 0. The Labute approximate surface area is 310 Å². The maximum Gasteiger partial charge on any atom is 0.266 e. The van der Waals surface area contributed by atoms with Crippen LogP contribution in [0.5, 0.6) is 0 Å². The molecule has 50 heavy (non-hydrogen) atoms. The number of carbonyl (C=O) groups is 2. The van der Waals surface area contributed by atoms with Crippen LogP contribution in [0.3, 0.4) is 0 Å². The van der Waals surface area contributed by atoms with Gasteiger partial charge in [0.25, 0.3) is 5.70 Å². The number of hydrogen-bond donors (Lipinski definition) is 1. The van der Waals surface area contributed by atoms with Crippen LogP contribution in [-0.4, -0.2) is 32.1 Å². The fourth-order valence-electron chi connectivity index (χ4n) is 6.31. The summed E-state index contributed by atoms with van der Waals surface area (Å²) in [6.07, 6.45) is 45.2. The fraction of sp³-hybridized carbons (Fsp3) is 0.762. The molecule has 0 saturated carbocycles. The molecule has 1 aliphatic carbocycles. The monoisotopic (exact) mass is 733 g/mol. The molecule has 0 heterocycles. The molecule has 0 aromatic heterocycles. The van der Waals surface area contributed by atoms with Crippen LogP contribution in [0, 0.1) is 10.1 Å². The zero-order chi connectivity index (χ0) is 36.5. The number of aliphatic hydroxyl groups is 1. The van der Waals surface area contributed by atoms with Crippen molar-refractivity contribution < 1.29 is 19.6 Å². The van der Waals surface area contributed by atoms with Crippen molar-refractivity contribution in [3.05, 3.63) is 58.3 Å². The highest BCUT2D eigenvalue weighted by atomic mass is 31.1. The van der Waals surface area contributed by atoms with E-state index >= 15 is 0 Å². The van der Waals surface area contributed by atoms with Crippen LogP contribution in [0.1, 0.15) is 194 Å². The summed E-state index contributed by atoms with van der Waals surface area (Å²) in [7, 11) is -0.699. The lowest BCUT2D eigenvalue weighted by Gasteiger charge is -2.32. The second-order valence-electron chi connectivity index (χ2n) is 14.3. The minimum atomic E-state index is -1.52. The minimum Gasteiger partial charge on any atom is -0.380 e. The molecule has 1 N–H and O–H groups in total. The molecule has 4 unspecified atom stereocenters. The zero-order valence-electron chi connectivity index (χ0n) is 31.9. The van der Waals surface area contributed by atoms with Gasteiger partial charge in [0.2, 0.25) is 0 Å². The van der Waals surface area contributed by atoms with E-state index in [0.29, 0.717) is 12.8 Å². The van der Waals surface area contributed by atoms with Gasteiger partial charge in [-0.05, 0) is 87.4 Å². The Hall–Kier alpha value is -1.48. The Morgan fingerprint density at radius 2 is 1.04 bits per heavy atom. The van der Waals surface area contributed by atoms with E-state index in [1.807, 2.05) is 0 Å². The fourth-order valence-corrected chi connectivity index (χ4v) is 9.13. The summed E-state index contributed by atoms with van der Waals surface area (Å²) in [5.74, 6) is 0. The summed E-state index contributed by atoms with van der Waals surface area (Å²) in [5.41, 5.74) is -0.836. The number of rotatable bonds is 35. The number of hydrogen-bond acceptors (Lipinski definition) is 5. The summed E-state index contributed by atoms with van der Waals surface area (Å²) in [5, 5.41) is 21.4. The predicted octanol–water partition coefficient (Wildman–Crippen LogP) is 13.3. The third-order valence-corrected chi connectivity index (χ3v) is 12.7. The van der Waals surface area contributed by atoms with Crippen molar-refractivity contribution in [2.24, 2.45) is 0 Å². The van der Waals surface area contributed by atoms with E-state index < -0.39 is 24.5 Å². The molecule has 0 aliphatic heterocycles. The first-order chi connectivity index (χ1) is 24.3. The third-order valence-electron chi connectivity index (χ3n) is 9.52. The van der Waals surface area contributed by atoms with Crippen molar-refractivity contribution >= 4 is 28.2 Å². The summed E-state index contributed by atoms with van der Waals surface area (Å²) >= 11 is 0. The van der Waals surface area contributed by atoms with Crippen molar-refractivity contribution in [3.8, 4) is 0 Å². The Morgan fingerprint density at radius 3 is 1.46 bits per heavy atom. The van der Waals surface area contributed by atoms with E-state index in [0.717, 1.165) is 64.2 Å². The molecule has 0 bridgehead atoms. The van der Waals surface area contributed by atoms with Crippen molar-refractivity contribution in [2.45, 2.75) is 205 Å². The topological polar surface area (TPSA) is 97.5 Å². The van der Waals surface area contributed by atoms with Gasteiger partial charge in [0.1, 0.15) is 5.34 Å². The van der Waals surface area contributed by atoms with Gasteiger partial charge in [0, 0.05) is 30.7 Å². The average molecular weight is 734 g/mol.